The van der Waals surface area contributed by atoms with Crippen LogP contribution in [0.25, 0.3) is 0 Å². The van der Waals surface area contributed by atoms with Gasteiger partial charge in [0.2, 0.25) is 0 Å². The lowest BCUT2D eigenvalue weighted by Gasteiger charge is -2.11. The number of urea groups is 1. The molecule has 1 aromatic carbocycles. The van der Waals surface area contributed by atoms with Gasteiger partial charge in [-0.1, -0.05) is 11.6 Å². The Morgan fingerprint density at radius 3 is 2.65 bits per heavy atom. The van der Waals surface area contributed by atoms with E-state index in [1.165, 1.54) is 6.92 Å². The van der Waals surface area contributed by atoms with Gasteiger partial charge in [0, 0.05) is 8.59 Å². The third-order valence-electron chi connectivity index (χ3n) is 1.90. The highest BCUT2D eigenvalue weighted by Crippen LogP contribution is 2.22. The van der Waals surface area contributed by atoms with E-state index < -0.39 is 18.0 Å². The molecule has 0 bridgehead atoms. The second kappa shape index (κ2) is 6.06. The minimum Gasteiger partial charge on any atom is -0.480 e. The Morgan fingerprint density at radius 2 is 2.12 bits per heavy atom. The van der Waals surface area contributed by atoms with E-state index in [1.54, 1.807) is 18.2 Å². The second-order valence-electron chi connectivity index (χ2n) is 3.28. The maximum atomic E-state index is 11.4. The molecule has 7 heteroatoms. The molecule has 0 fully saturated rings. The van der Waals surface area contributed by atoms with Crippen molar-refractivity contribution in [1.82, 2.24) is 5.32 Å². The summed E-state index contributed by atoms with van der Waals surface area (Å²) in [6.45, 7) is 1.38. The minimum absolute atomic E-state index is 0.569. The van der Waals surface area contributed by atoms with Gasteiger partial charge in [-0.3, -0.25) is 4.79 Å². The number of carboxylic acids is 1. The number of rotatable bonds is 3. The Morgan fingerprint density at radius 1 is 1.47 bits per heavy atom. The van der Waals surface area contributed by atoms with Crippen molar-refractivity contribution >= 4 is 51.9 Å². The van der Waals surface area contributed by atoms with Crippen molar-refractivity contribution < 1.29 is 14.7 Å². The Balaban J connectivity index is 2.65. The predicted molar refractivity (Wildman–Crippen MR) is 73.4 cm³/mol. The maximum Gasteiger partial charge on any atom is 0.325 e. The van der Waals surface area contributed by atoms with Gasteiger partial charge in [0.15, 0.2) is 0 Å². The summed E-state index contributed by atoms with van der Waals surface area (Å²) in [5.41, 5.74) is 0.574. The van der Waals surface area contributed by atoms with Crippen molar-refractivity contribution in [2.45, 2.75) is 13.0 Å². The van der Waals surface area contributed by atoms with Crippen LogP contribution in [0.5, 0.6) is 0 Å². The summed E-state index contributed by atoms with van der Waals surface area (Å²) in [6, 6.07) is 3.47. The highest BCUT2D eigenvalue weighted by molar-refractivity contribution is 14.1. The highest BCUT2D eigenvalue weighted by atomic mass is 127. The highest BCUT2D eigenvalue weighted by Gasteiger charge is 2.14. The molecule has 0 aliphatic rings. The van der Waals surface area contributed by atoms with Crippen molar-refractivity contribution in [2.24, 2.45) is 0 Å². The van der Waals surface area contributed by atoms with Gasteiger partial charge in [-0.2, -0.15) is 0 Å². The smallest absolute Gasteiger partial charge is 0.325 e. The lowest BCUT2D eigenvalue weighted by molar-refractivity contribution is -0.138. The summed E-state index contributed by atoms with van der Waals surface area (Å²) in [4.78, 5) is 22.0. The summed E-state index contributed by atoms with van der Waals surface area (Å²) in [5.74, 6) is -1.09. The SMILES string of the molecule is CC(NC(=O)Nc1ccc(Cl)cc1I)C(=O)O. The van der Waals surface area contributed by atoms with Crippen LogP contribution in [0, 0.1) is 3.57 Å². The largest absolute Gasteiger partial charge is 0.480 e. The standard InChI is InChI=1S/C10H10ClIN2O3/c1-5(9(15)16)13-10(17)14-8-3-2-6(11)4-7(8)12/h2-5H,1H3,(H,15,16)(H2,13,14,17). The van der Waals surface area contributed by atoms with Gasteiger partial charge in [-0.15, -0.1) is 0 Å². The number of halogens is 2. The second-order valence-corrected chi connectivity index (χ2v) is 4.88. The summed E-state index contributed by atoms with van der Waals surface area (Å²) in [5, 5.41) is 14.0. The number of carbonyl (C=O) groups is 2. The maximum absolute atomic E-state index is 11.4. The van der Waals surface area contributed by atoms with Crippen molar-refractivity contribution in [1.29, 1.82) is 0 Å². The zero-order chi connectivity index (χ0) is 13.0. The molecule has 1 atom stereocenters. The van der Waals surface area contributed by atoms with E-state index in [1.807, 2.05) is 22.6 Å². The Kier molecular flexibility index (Phi) is 5.01. The molecule has 0 heterocycles. The Hall–Kier alpha value is -1.02. The van der Waals surface area contributed by atoms with Crippen LogP contribution < -0.4 is 10.6 Å². The monoisotopic (exact) mass is 368 g/mol. The molecule has 0 spiro atoms. The summed E-state index contributed by atoms with van der Waals surface area (Å²) in [7, 11) is 0. The van der Waals surface area contributed by atoms with Gasteiger partial charge in [0.05, 0.1) is 5.69 Å². The van der Waals surface area contributed by atoms with Gasteiger partial charge in [0.1, 0.15) is 6.04 Å². The van der Waals surface area contributed by atoms with E-state index >= 15 is 0 Å². The molecule has 5 nitrogen and oxygen atoms in total. The van der Waals surface area contributed by atoms with E-state index in [0.717, 1.165) is 3.57 Å². The van der Waals surface area contributed by atoms with Crippen LogP contribution in [0.3, 0.4) is 0 Å². The number of aliphatic carboxylic acids is 1. The predicted octanol–water partition coefficient (Wildman–Crippen LogP) is 2.54. The molecule has 0 aliphatic heterocycles. The lowest BCUT2D eigenvalue weighted by Crippen LogP contribution is -2.40. The molecule has 2 amide bonds. The van der Waals surface area contributed by atoms with E-state index in [-0.39, 0.29) is 0 Å². The molecular formula is C10H10ClIN2O3. The van der Waals surface area contributed by atoms with Gasteiger partial charge in [-0.05, 0) is 47.7 Å². The molecule has 0 aromatic heterocycles. The van der Waals surface area contributed by atoms with Crippen LogP contribution >= 0.6 is 34.2 Å². The lowest BCUT2D eigenvalue weighted by atomic mass is 10.3. The van der Waals surface area contributed by atoms with Crippen molar-refractivity contribution in [3.05, 3.63) is 26.8 Å². The first kappa shape index (κ1) is 14.0. The Labute approximate surface area is 117 Å². The normalized spacial score (nSPS) is 11.7. The number of benzene rings is 1. The molecule has 17 heavy (non-hydrogen) atoms. The fourth-order valence-corrected chi connectivity index (χ4v) is 2.01. The van der Waals surface area contributed by atoms with E-state index in [9.17, 15) is 9.59 Å². The van der Waals surface area contributed by atoms with Crippen LogP contribution in [0.15, 0.2) is 18.2 Å². The van der Waals surface area contributed by atoms with E-state index in [2.05, 4.69) is 10.6 Å². The summed E-state index contributed by atoms with van der Waals surface area (Å²) < 4.78 is 0.772. The summed E-state index contributed by atoms with van der Waals surface area (Å²) in [6.07, 6.45) is 0. The number of nitrogens with one attached hydrogen (secondary N) is 2. The first-order valence-corrected chi connectivity index (χ1v) is 6.11. The van der Waals surface area contributed by atoms with Crippen LogP contribution in [-0.2, 0) is 4.79 Å². The van der Waals surface area contributed by atoms with Gasteiger partial charge in [-0.25, -0.2) is 4.79 Å². The number of amides is 2. The topological polar surface area (TPSA) is 78.4 Å². The first-order valence-electron chi connectivity index (χ1n) is 4.65. The molecule has 92 valence electrons. The average molecular weight is 369 g/mol. The van der Waals surface area contributed by atoms with Crippen molar-refractivity contribution in [3.8, 4) is 0 Å². The fraction of sp³-hybridized carbons (Fsp3) is 0.200. The quantitative estimate of drug-likeness (QED) is 0.718. The number of carbonyl (C=O) groups excluding carboxylic acids is 1. The molecular weight excluding hydrogens is 358 g/mol. The first-order chi connectivity index (χ1) is 7.90. The molecule has 1 unspecified atom stereocenters. The van der Waals surface area contributed by atoms with E-state index in [0.29, 0.717) is 10.7 Å². The summed E-state index contributed by atoms with van der Waals surface area (Å²) >= 11 is 7.79. The van der Waals surface area contributed by atoms with Gasteiger partial charge >= 0.3 is 12.0 Å². The third kappa shape index (κ3) is 4.39. The molecule has 1 aromatic rings. The Bertz CT molecular complexity index is 453. The number of carboxylic acid groups (broad SMARTS) is 1. The van der Waals surface area contributed by atoms with Crippen LogP contribution in [0.4, 0.5) is 10.5 Å². The molecule has 0 saturated carbocycles. The molecule has 0 aliphatic carbocycles. The molecule has 1 rings (SSSR count). The van der Waals surface area contributed by atoms with Crippen molar-refractivity contribution in [3.63, 3.8) is 0 Å². The number of anilines is 1. The van der Waals surface area contributed by atoms with Gasteiger partial charge in [0.25, 0.3) is 0 Å². The average Bonchev–Trinajstić information content (AvgIpc) is 2.22. The zero-order valence-electron chi connectivity index (χ0n) is 8.83. The zero-order valence-corrected chi connectivity index (χ0v) is 11.7. The van der Waals surface area contributed by atoms with Crippen molar-refractivity contribution in [2.75, 3.05) is 5.32 Å². The number of hydrogen-bond acceptors (Lipinski definition) is 2. The number of hydrogen-bond donors (Lipinski definition) is 3. The van der Waals surface area contributed by atoms with Crippen LogP contribution in [0.1, 0.15) is 6.92 Å². The van der Waals surface area contributed by atoms with Crippen LogP contribution in [-0.4, -0.2) is 23.1 Å². The van der Waals surface area contributed by atoms with Crippen LogP contribution in [0.2, 0.25) is 5.02 Å². The molecule has 3 N–H and O–H groups in total. The third-order valence-corrected chi connectivity index (χ3v) is 3.02. The fourth-order valence-electron chi connectivity index (χ4n) is 1.01. The molecule has 0 saturated heterocycles. The molecule has 0 radical (unpaired) electrons. The minimum atomic E-state index is -1.09. The van der Waals surface area contributed by atoms with Gasteiger partial charge < -0.3 is 15.7 Å². The van der Waals surface area contributed by atoms with E-state index in [4.69, 9.17) is 16.7 Å².